The van der Waals surface area contributed by atoms with E-state index in [9.17, 15) is 4.39 Å². The summed E-state index contributed by atoms with van der Waals surface area (Å²) in [6, 6.07) is 13.8. The van der Waals surface area contributed by atoms with Crippen LogP contribution in [0, 0.1) is 5.82 Å². The third-order valence-corrected chi connectivity index (χ3v) is 5.78. The van der Waals surface area contributed by atoms with Gasteiger partial charge in [-0.3, -0.25) is 0 Å². The number of anilines is 2. The molecule has 5 rings (SSSR count). The van der Waals surface area contributed by atoms with E-state index in [0.717, 1.165) is 18.4 Å². The monoisotopic (exact) mass is 422 g/mol. The normalized spacial score (nSPS) is 14.5. The van der Waals surface area contributed by atoms with Crippen LogP contribution in [0.15, 0.2) is 48.5 Å². The van der Waals surface area contributed by atoms with Gasteiger partial charge in [-0.15, -0.1) is 5.10 Å². The van der Waals surface area contributed by atoms with Crippen LogP contribution >= 0.6 is 11.6 Å². The lowest BCUT2D eigenvalue weighted by Crippen LogP contribution is -2.17. The second kappa shape index (κ2) is 7.57. The van der Waals surface area contributed by atoms with Gasteiger partial charge >= 0.3 is 0 Å². The van der Waals surface area contributed by atoms with Crippen LogP contribution in [0.1, 0.15) is 25.7 Å². The number of benzene rings is 2. The van der Waals surface area contributed by atoms with Crippen LogP contribution in [0.25, 0.3) is 28.0 Å². The van der Waals surface area contributed by atoms with Crippen LogP contribution in [0.2, 0.25) is 5.02 Å². The van der Waals surface area contributed by atoms with Gasteiger partial charge in [0, 0.05) is 11.6 Å². The number of hydrogen-bond acceptors (Lipinski definition) is 5. The van der Waals surface area contributed by atoms with E-state index in [0.29, 0.717) is 45.2 Å². The van der Waals surface area contributed by atoms with Crippen molar-refractivity contribution in [1.29, 1.82) is 0 Å². The molecule has 2 aromatic heterocycles. The van der Waals surface area contributed by atoms with Gasteiger partial charge in [0.25, 0.3) is 0 Å². The standard InChI is InChI=1S/C22H20ClFN6/c23-16-7-3-4-8-17(16)30-20(25)18-19(13-9-11-14(24)12-10-13)27-22(28-21(18)29-30)26-15-5-1-2-6-15/h3-4,7-12,15H,1-2,5-6,25H2,(H,26,28,29). The quantitative estimate of drug-likeness (QED) is 0.471. The molecule has 152 valence electrons. The van der Waals surface area contributed by atoms with Crippen molar-refractivity contribution in [1.82, 2.24) is 19.7 Å². The molecule has 30 heavy (non-hydrogen) atoms. The molecule has 0 amide bonds. The highest BCUT2D eigenvalue weighted by atomic mass is 35.5. The molecule has 0 radical (unpaired) electrons. The summed E-state index contributed by atoms with van der Waals surface area (Å²) in [5, 5.41) is 9.18. The average Bonchev–Trinajstić information content (AvgIpc) is 3.36. The Morgan fingerprint density at radius 1 is 1.03 bits per heavy atom. The Labute approximate surface area is 177 Å². The molecule has 0 atom stereocenters. The van der Waals surface area contributed by atoms with Gasteiger partial charge in [0.2, 0.25) is 5.95 Å². The Hall–Kier alpha value is -3.19. The summed E-state index contributed by atoms with van der Waals surface area (Å²) < 4.78 is 15.1. The number of hydrogen-bond donors (Lipinski definition) is 2. The Balaban J connectivity index is 1.71. The molecule has 0 bridgehead atoms. The van der Waals surface area contributed by atoms with Crippen LogP contribution in [0.5, 0.6) is 0 Å². The number of rotatable bonds is 4. The zero-order valence-corrected chi connectivity index (χ0v) is 16.9. The van der Waals surface area contributed by atoms with Gasteiger partial charge in [-0.25, -0.2) is 14.1 Å². The minimum absolute atomic E-state index is 0.312. The van der Waals surface area contributed by atoms with E-state index in [1.807, 2.05) is 18.2 Å². The molecule has 8 heteroatoms. The smallest absolute Gasteiger partial charge is 0.225 e. The topological polar surface area (TPSA) is 81.7 Å². The van der Waals surface area contributed by atoms with Gasteiger partial charge in [0.05, 0.1) is 21.8 Å². The average molecular weight is 423 g/mol. The minimum Gasteiger partial charge on any atom is -0.383 e. The highest BCUT2D eigenvalue weighted by Crippen LogP contribution is 2.34. The van der Waals surface area contributed by atoms with Gasteiger partial charge < -0.3 is 11.1 Å². The van der Waals surface area contributed by atoms with Crippen LogP contribution in [-0.4, -0.2) is 25.8 Å². The molecule has 3 N–H and O–H groups in total. The molecule has 0 aliphatic heterocycles. The first-order valence-corrected chi connectivity index (χ1v) is 10.3. The Kier molecular flexibility index (Phi) is 4.75. The number of nitrogen functional groups attached to an aromatic ring is 1. The van der Waals surface area contributed by atoms with Gasteiger partial charge in [-0.2, -0.15) is 4.98 Å². The first kappa shape index (κ1) is 18.8. The maximum atomic E-state index is 13.5. The number of halogens is 2. The molecule has 2 heterocycles. The molecule has 0 unspecified atom stereocenters. The Morgan fingerprint density at radius 3 is 2.50 bits per heavy atom. The first-order valence-electron chi connectivity index (χ1n) is 9.94. The zero-order chi connectivity index (χ0) is 20.7. The second-order valence-corrected chi connectivity index (χ2v) is 7.88. The number of fused-ring (bicyclic) bond motifs is 1. The van der Waals surface area contributed by atoms with E-state index in [1.165, 1.54) is 25.0 Å². The van der Waals surface area contributed by atoms with Crippen molar-refractivity contribution in [2.24, 2.45) is 0 Å². The first-order chi connectivity index (χ1) is 14.6. The van der Waals surface area contributed by atoms with Crippen molar-refractivity contribution in [2.45, 2.75) is 31.7 Å². The molecule has 1 fully saturated rings. The van der Waals surface area contributed by atoms with Gasteiger partial charge in [-0.1, -0.05) is 36.6 Å². The summed E-state index contributed by atoms with van der Waals surface area (Å²) in [7, 11) is 0. The van der Waals surface area contributed by atoms with Crippen molar-refractivity contribution in [3.63, 3.8) is 0 Å². The number of nitrogens with one attached hydrogen (secondary N) is 1. The molecule has 6 nitrogen and oxygen atoms in total. The molecule has 2 aromatic carbocycles. The minimum atomic E-state index is -0.312. The Morgan fingerprint density at radius 2 is 1.77 bits per heavy atom. The van der Waals surface area contributed by atoms with Crippen molar-refractivity contribution in [3.05, 3.63) is 59.4 Å². The van der Waals surface area contributed by atoms with Gasteiger partial charge in [0.1, 0.15) is 11.6 Å². The SMILES string of the molecule is Nc1c2c(-c3ccc(F)cc3)nc(NC3CCCC3)nc2nn1-c1ccccc1Cl. The summed E-state index contributed by atoms with van der Waals surface area (Å²) in [6.45, 7) is 0. The lowest BCUT2D eigenvalue weighted by molar-refractivity contribution is 0.628. The van der Waals surface area contributed by atoms with E-state index in [4.69, 9.17) is 22.3 Å². The maximum Gasteiger partial charge on any atom is 0.225 e. The third kappa shape index (κ3) is 3.35. The third-order valence-electron chi connectivity index (χ3n) is 5.46. The lowest BCUT2D eigenvalue weighted by Gasteiger charge is -2.13. The molecule has 1 saturated carbocycles. The molecule has 1 aliphatic carbocycles. The highest BCUT2D eigenvalue weighted by Gasteiger charge is 2.22. The number of aromatic nitrogens is 4. The molecular weight excluding hydrogens is 403 g/mol. The largest absolute Gasteiger partial charge is 0.383 e. The Bertz CT molecular complexity index is 1210. The summed E-state index contributed by atoms with van der Waals surface area (Å²) in [5.74, 6) is 0.565. The van der Waals surface area contributed by atoms with Crippen molar-refractivity contribution < 1.29 is 4.39 Å². The molecule has 4 aromatic rings. The molecule has 1 aliphatic rings. The summed E-state index contributed by atoms with van der Waals surface area (Å²) in [5.41, 5.74) is 8.95. The summed E-state index contributed by atoms with van der Waals surface area (Å²) >= 11 is 6.37. The fraction of sp³-hybridized carbons (Fsp3) is 0.227. The summed E-state index contributed by atoms with van der Waals surface area (Å²) in [4.78, 5) is 9.37. The molecular formula is C22H20ClFN6. The van der Waals surface area contributed by atoms with Crippen LogP contribution in [0.3, 0.4) is 0 Å². The van der Waals surface area contributed by atoms with Gasteiger partial charge in [-0.05, 0) is 49.2 Å². The van der Waals surface area contributed by atoms with Crippen LogP contribution < -0.4 is 11.1 Å². The predicted octanol–water partition coefficient (Wildman–Crippen LogP) is 5.21. The van der Waals surface area contributed by atoms with Crippen molar-refractivity contribution in [2.75, 3.05) is 11.1 Å². The predicted molar refractivity (Wildman–Crippen MR) is 117 cm³/mol. The fourth-order valence-electron chi connectivity index (χ4n) is 3.95. The number of nitrogens with zero attached hydrogens (tertiary/aromatic N) is 4. The highest BCUT2D eigenvalue weighted by molar-refractivity contribution is 6.32. The van der Waals surface area contributed by atoms with E-state index in [1.54, 1.807) is 22.9 Å². The zero-order valence-electron chi connectivity index (χ0n) is 16.1. The van der Waals surface area contributed by atoms with E-state index < -0.39 is 0 Å². The van der Waals surface area contributed by atoms with E-state index >= 15 is 0 Å². The fourth-order valence-corrected chi connectivity index (χ4v) is 4.17. The maximum absolute atomic E-state index is 13.5. The van der Waals surface area contributed by atoms with Gasteiger partial charge in [0.15, 0.2) is 5.65 Å². The van der Waals surface area contributed by atoms with E-state index in [-0.39, 0.29) is 5.82 Å². The van der Waals surface area contributed by atoms with Crippen molar-refractivity contribution >= 4 is 34.4 Å². The number of nitrogens with two attached hydrogens (primary N) is 1. The summed E-state index contributed by atoms with van der Waals surface area (Å²) in [6.07, 6.45) is 4.56. The molecule has 0 saturated heterocycles. The molecule has 0 spiro atoms. The van der Waals surface area contributed by atoms with Crippen LogP contribution in [-0.2, 0) is 0 Å². The van der Waals surface area contributed by atoms with Crippen LogP contribution in [0.4, 0.5) is 16.2 Å². The lowest BCUT2D eigenvalue weighted by atomic mass is 10.1. The second-order valence-electron chi connectivity index (χ2n) is 7.48. The van der Waals surface area contributed by atoms with E-state index in [2.05, 4.69) is 15.4 Å². The van der Waals surface area contributed by atoms with Crippen molar-refractivity contribution in [3.8, 4) is 16.9 Å². The number of para-hydroxylation sites is 1.